The van der Waals surface area contributed by atoms with Crippen molar-refractivity contribution in [2.75, 3.05) is 0 Å². The van der Waals surface area contributed by atoms with E-state index in [1.54, 1.807) is 6.20 Å². The molecule has 0 fully saturated rings. The lowest BCUT2D eigenvalue weighted by molar-refractivity contribution is 0.429. The Balaban J connectivity index is 2.00. The van der Waals surface area contributed by atoms with E-state index in [-0.39, 0.29) is 10.7 Å². The van der Waals surface area contributed by atoms with Crippen LogP contribution in [0.2, 0.25) is 5.15 Å². The van der Waals surface area contributed by atoms with Crippen molar-refractivity contribution in [3.63, 3.8) is 0 Å². The van der Waals surface area contributed by atoms with Crippen molar-refractivity contribution < 1.29 is 8.78 Å². The number of halogens is 3. The summed E-state index contributed by atoms with van der Waals surface area (Å²) in [5, 5.41) is 0.494. The highest BCUT2D eigenvalue weighted by Crippen LogP contribution is 2.44. The van der Waals surface area contributed by atoms with Crippen LogP contribution in [0.1, 0.15) is 22.3 Å². The molecule has 0 unspecified atom stereocenters. The largest absolute Gasteiger partial charge is 0.313 e. The van der Waals surface area contributed by atoms with Crippen molar-refractivity contribution in [2.45, 2.75) is 5.54 Å². The third-order valence-electron chi connectivity index (χ3n) is 5.77. The van der Waals surface area contributed by atoms with E-state index in [0.29, 0.717) is 11.0 Å². The van der Waals surface area contributed by atoms with Gasteiger partial charge in [0.05, 0.1) is 5.39 Å². The molecule has 0 spiro atoms. The summed E-state index contributed by atoms with van der Waals surface area (Å²) in [7, 11) is 0. The van der Waals surface area contributed by atoms with Crippen LogP contribution in [0.15, 0.2) is 110 Å². The highest BCUT2D eigenvalue weighted by Gasteiger charge is 2.40. The van der Waals surface area contributed by atoms with E-state index >= 15 is 0 Å². The minimum atomic E-state index is -1.82. The zero-order chi connectivity index (χ0) is 22.8. The van der Waals surface area contributed by atoms with Gasteiger partial charge in [-0.1, -0.05) is 103 Å². The van der Waals surface area contributed by atoms with Gasteiger partial charge in [-0.05, 0) is 16.7 Å². The van der Waals surface area contributed by atoms with Crippen LogP contribution < -0.4 is 0 Å². The van der Waals surface area contributed by atoms with Crippen molar-refractivity contribution in [1.82, 2.24) is 14.5 Å². The highest BCUT2D eigenvalue weighted by molar-refractivity contribution is 6.34. The molecule has 0 saturated carbocycles. The van der Waals surface area contributed by atoms with Gasteiger partial charge in [0.2, 0.25) is 0 Å². The molecule has 0 aliphatic heterocycles. The molecule has 3 nitrogen and oxygen atoms in total. The Morgan fingerprint density at radius 1 is 0.758 bits per heavy atom. The van der Waals surface area contributed by atoms with Crippen molar-refractivity contribution in [1.29, 1.82) is 0 Å². The molecule has 3 aromatic carbocycles. The number of rotatable bonds is 5. The maximum Gasteiger partial charge on any atom is 0.270 e. The van der Waals surface area contributed by atoms with E-state index < -0.39 is 11.6 Å². The lowest BCUT2D eigenvalue weighted by Crippen LogP contribution is -2.37. The fraction of sp³-hybridized carbons (Fsp3) is 0.0370. The van der Waals surface area contributed by atoms with Gasteiger partial charge in [-0.3, -0.25) is 0 Å². The number of hydrogen-bond donors (Lipinski definition) is 0. The van der Waals surface area contributed by atoms with Crippen molar-refractivity contribution in [3.05, 3.63) is 137 Å². The molecule has 0 bridgehead atoms. The van der Waals surface area contributed by atoms with Gasteiger partial charge in [-0.25, -0.2) is 9.97 Å². The number of fused-ring (bicyclic) bond motifs is 1. The number of aromatic nitrogens is 3. The molecule has 2 heterocycles. The minimum absolute atomic E-state index is 0.120. The summed E-state index contributed by atoms with van der Waals surface area (Å²) in [6, 6.07) is 29.8. The first kappa shape index (κ1) is 21.0. The molecule has 0 aliphatic rings. The maximum atomic E-state index is 13.4. The Morgan fingerprint density at radius 2 is 1.24 bits per heavy atom. The number of hydrogen-bond acceptors (Lipinski definition) is 2. The monoisotopic (exact) mass is 457 g/mol. The van der Waals surface area contributed by atoms with Gasteiger partial charge in [0, 0.05) is 17.8 Å². The fourth-order valence-corrected chi connectivity index (χ4v) is 4.73. The second kappa shape index (κ2) is 8.60. The van der Waals surface area contributed by atoms with Gasteiger partial charge >= 0.3 is 0 Å². The summed E-state index contributed by atoms with van der Waals surface area (Å²) in [5.74, 6) is 0. The van der Waals surface area contributed by atoms with Crippen LogP contribution in [0.25, 0.3) is 17.1 Å². The molecule has 162 valence electrons. The first-order valence-electron chi connectivity index (χ1n) is 10.3. The maximum absolute atomic E-state index is 13.4. The summed E-state index contributed by atoms with van der Waals surface area (Å²) >= 11 is 6.41. The van der Waals surface area contributed by atoms with E-state index in [1.807, 2.05) is 95.6 Å². The summed E-state index contributed by atoms with van der Waals surface area (Å²) < 4.78 is 28.8. The van der Waals surface area contributed by atoms with Crippen LogP contribution in [0, 0.1) is 0 Å². The average molecular weight is 458 g/mol. The number of nitrogens with zero attached hydrogens (tertiary/aromatic N) is 3. The van der Waals surface area contributed by atoms with E-state index in [2.05, 4.69) is 9.97 Å². The standard InChI is InChI=1S/C27H18ClF2N3/c28-25-24-19(16-23(29)30)17-33(26(24)32-18-31-25)27(20-10-4-1-5-11-20,21-12-6-2-7-13-21)22-14-8-3-9-15-22/h1-18H. The molecule has 0 atom stereocenters. The Morgan fingerprint density at radius 3 is 1.70 bits per heavy atom. The summed E-state index contributed by atoms with van der Waals surface area (Å²) in [5.41, 5.74) is 2.65. The molecule has 5 rings (SSSR count). The van der Waals surface area contributed by atoms with Crippen molar-refractivity contribution in [3.8, 4) is 0 Å². The quantitative estimate of drug-likeness (QED) is 0.207. The van der Waals surface area contributed by atoms with Gasteiger partial charge in [0.15, 0.2) is 0 Å². The van der Waals surface area contributed by atoms with Gasteiger partial charge in [0.1, 0.15) is 22.7 Å². The lowest BCUT2D eigenvalue weighted by atomic mass is 9.76. The summed E-state index contributed by atoms with van der Waals surface area (Å²) in [4.78, 5) is 8.56. The molecular formula is C27H18ClF2N3. The third-order valence-corrected chi connectivity index (χ3v) is 6.05. The van der Waals surface area contributed by atoms with Gasteiger partial charge < -0.3 is 4.57 Å². The summed E-state index contributed by atoms with van der Waals surface area (Å²) in [6.45, 7) is 0. The van der Waals surface area contributed by atoms with Crippen LogP contribution in [0.4, 0.5) is 8.78 Å². The predicted octanol–water partition coefficient (Wildman–Crippen LogP) is 7.16. The average Bonchev–Trinajstić information content (AvgIpc) is 3.21. The second-order valence-corrected chi connectivity index (χ2v) is 7.92. The van der Waals surface area contributed by atoms with Gasteiger partial charge in [-0.2, -0.15) is 8.78 Å². The molecule has 5 aromatic rings. The molecule has 6 heteroatoms. The topological polar surface area (TPSA) is 30.7 Å². The van der Waals surface area contributed by atoms with E-state index in [1.165, 1.54) is 6.33 Å². The molecule has 2 aromatic heterocycles. The first-order valence-corrected chi connectivity index (χ1v) is 10.7. The highest BCUT2D eigenvalue weighted by atomic mass is 35.5. The molecule has 0 saturated heterocycles. The normalized spacial score (nSPS) is 11.5. The van der Waals surface area contributed by atoms with Crippen LogP contribution in [0.5, 0.6) is 0 Å². The van der Waals surface area contributed by atoms with E-state index in [4.69, 9.17) is 11.6 Å². The smallest absolute Gasteiger partial charge is 0.270 e. The fourth-order valence-electron chi connectivity index (χ4n) is 4.49. The second-order valence-electron chi connectivity index (χ2n) is 7.56. The SMILES string of the molecule is FC(F)=Cc1cn(C(c2ccccc2)(c2ccccc2)c2ccccc2)c2ncnc(Cl)c12. The number of benzene rings is 3. The van der Waals surface area contributed by atoms with Gasteiger partial charge in [-0.15, -0.1) is 0 Å². The van der Waals surface area contributed by atoms with Crippen LogP contribution in [0.3, 0.4) is 0 Å². The molecule has 33 heavy (non-hydrogen) atoms. The molecule has 0 amide bonds. The Labute approximate surface area is 194 Å². The Kier molecular flexibility index (Phi) is 5.48. The lowest BCUT2D eigenvalue weighted by Gasteiger charge is -2.38. The van der Waals surface area contributed by atoms with Gasteiger partial charge in [0.25, 0.3) is 6.08 Å². The first-order chi connectivity index (χ1) is 16.1. The van der Waals surface area contributed by atoms with E-state index in [9.17, 15) is 8.78 Å². The van der Waals surface area contributed by atoms with Crippen LogP contribution in [-0.2, 0) is 5.54 Å². The summed E-state index contributed by atoms with van der Waals surface area (Å²) in [6.07, 6.45) is 2.02. The predicted molar refractivity (Wildman–Crippen MR) is 127 cm³/mol. The van der Waals surface area contributed by atoms with Crippen molar-refractivity contribution >= 4 is 28.7 Å². The zero-order valence-electron chi connectivity index (χ0n) is 17.4. The molecule has 0 radical (unpaired) electrons. The minimum Gasteiger partial charge on any atom is -0.313 e. The van der Waals surface area contributed by atoms with Crippen LogP contribution in [-0.4, -0.2) is 14.5 Å². The molecule has 0 aliphatic carbocycles. The van der Waals surface area contributed by atoms with Crippen molar-refractivity contribution in [2.24, 2.45) is 0 Å². The van der Waals surface area contributed by atoms with Crippen LogP contribution >= 0.6 is 11.6 Å². The third kappa shape index (κ3) is 3.51. The Bertz CT molecular complexity index is 1330. The zero-order valence-corrected chi connectivity index (χ0v) is 18.1. The Hall–Kier alpha value is -3.83. The molecule has 0 N–H and O–H groups in total. The molecular weight excluding hydrogens is 440 g/mol. The van der Waals surface area contributed by atoms with E-state index in [0.717, 1.165) is 22.8 Å².